The van der Waals surface area contributed by atoms with Crippen molar-refractivity contribution in [1.82, 2.24) is 20.2 Å². The number of nitrogens with one attached hydrogen (secondary N) is 1. The van der Waals surface area contributed by atoms with Crippen LogP contribution in [0.3, 0.4) is 0 Å². The van der Waals surface area contributed by atoms with Crippen molar-refractivity contribution in [3.63, 3.8) is 0 Å². The first-order chi connectivity index (χ1) is 13.7. The van der Waals surface area contributed by atoms with Crippen LogP contribution in [-0.2, 0) is 4.79 Å². The maximum absolute atomic E-state index is 12.5. The highest BCUT2D eigenvalue weighted by atomic mass is 35.5. The molecular weight excluding hydrogens is 421 g/mol. The van der Waals surface area contributed by atoms with E-state index in [0.717, 1.165) is 31.5 Å². The third kappa shape index (κ3) is 4.37. The van der Waals surface area contributed by atoms with Crippen LogP contribution in [0.15, 0.2) is 30.3 Å². The van der Waals surface area contributed by atoms with E-state index >= 15 is 0 Å². The summed E-state index contributed by atoms with van der Waals surface area (Å²) >= 11 is 0. The van der Waals surface area contributed by atoms with Gasteiger partial charge in [-0.15, -0.1) is 25.6 Å². The predicted molar refractivity (Wildman–Crippen MR) is 106 cm³/mol. The van der Waals surface area contributed by atoms with Gasteiger partial charge < -0.3 is 9.64 Å². The molecule has 10 heteroatoms. The number of benzene rings is 1. The number of rotatable bonds is 3. The lowest BCUT2D eigenvalue weighted by Crippen LogP contribution is -2.47. The number of hydrogen-bond donors (Lipinski definition) is 1. The Hall–Kier alpha value is -2.39. The van der Waals surface area contributed by atoms with Crippen LogP contribution < -0.4 is 10.1 Å². The second kappa shape index (κ2) is 8.03. The third-order valence-corrected chi connectivity index (χ3v) is 5.51. The lowest BCUT2D eigenvalue weighted by atomic mass is 9.96. The Balaban J connectivity index is 0.00000256. The van der Waals surface area contributed by atoms with E-state index in [1.54, 1.807) is 18.0 Å². The smallest absolute Gasteiger partial charge is 0.406 e. The van der Waals surface area contributed by atoms with Crippen molar-refractivity contribution in [3.8, 4) is 17.0 Å². The molecule has 2 atom stereocenters. The maximum Gasteiger partial charge on any atom is 0.573 e. The summed E-state index contributed by atoms with van der Waals surface area (Å²) in [5.74, 6) is 0.415. The van der Waals surface area contributed by atoms with Crippen molar-refractivity contribution in [2.45, 2.75) is 44.1 Å². The molecule has 0 radical (unpaired) electrons. The Morgan fingerprint density at radius 1 is 1.20 bits per heavy atom. The molecule has 6 nitrogen and oxygen atoms in total. The van der Waals surface area contributed by atoms with Gasteiger partial charge in [-0.05, 0) is 56.5 Å². The second-order valence-electron chi connectivity index (χ2n) is 7.62. The summed E-state index contributed by atoms with van der Waals surface area (Å²) in [6.45, 7) is 2.57. The lowest BCUT2D eigenvalue weighted by molar-refractivity contribution is -0.274. The van der Waals surface area contributed by atoms with Crippen LogP contribution in [0, 0.1) is 6.92 Å². The summed E-state index contributed by atoms with van der Waals surface area (Å²) in [5.41, 5.74) is 1.49. The van der Waals surface area contributed by atoms with Crippen LogP contribution >= 0.6 is 12.4 Å². The van der Waals surface area contributed by atoms with Crippen LogP contribution in [-0.4, -0.2) is 46.3 Å². The normalized spacial score (nSPS) is 23.7. The van der Waals surface area contributed by atoms with Gasteiger partial charge in [-0.25, -0.2) is 9.97 Å². The molecule has 2 saturated heterocycles. The molecule has 0 aliphatic carbocycles. The molecule has 1 aromatic carbocycles. The first-order valence-electron chi connectivity index (χ1n) is 9.40. The van der Waals surface area contributed by atoms with Crippen molar-refractivity contribution in [3.05, 3.63) is 41.9 Å². The van der Waals surface area contributed by atoms with Crippen molar-refractivity contribution < 1.29 is 22.7 Å². The SMILES string of the molecule is Cc1cc(-c2ccc(OC(F)(F)F)cc2)nc([C@@H]2CC[C@@]3(CCN(C)C3=O)N2)n1.Cl. The number of amides is 1. The van der Waals surface area contributed by atoms with E-state index in [1.807, 2.05) is 6.92 Å². The molecule has 0 bridgehead atoms. The topological polar surface area (TPSA) is 67.3 Å². The zero-order chi connectivity index (χ0) is 20.8. The van der Waals surface area contributed by atoms with Crippen LogP contribution in [0.1, 0.15) is 36.8 Å². The third-order valence-electron chi connectivity index (χ3n) is 5.51. The second-order valence-corrected chi connectivity index (χ2v) is 7.62. The van der Waals surface area contributed by atoms with Gasteiger partial charge in [0.1, 0.15) is 17.1 Å². The number of aromatic nitrogens is 2. The molecule has 2 aliphatic heterocycles. The highest BCUT2D eigenvalue weighted by Gasteiger charge is 2.50. The van der Waals surface area contributed by atoms with E-state index < -0.39 is 11.9 Å². The van der Waals surface area contributed by atoms with Crippen LogP contribution in [0.5, 0.6) is 5.75 Å². The minimum atomic E-state index is -4.73. The zero-order valence-corrected chi connectivity index (χ0v) is 17.3. The number of nitrogens with zero attached hydrogens (tertiary/aromatic N) is 3. The van der Waals surface area contributed by atoms with Crippen molar-refractivity contribution in [2.24, 2.45) is 0 Å². The summed E-state index contributed by atoms with van der Waals surface area (Å²) in [7, 11) is 1.81. The summed E-state index contributed by atoms with van der Waals surface area (Å²) in [6, 6.07) is 7.22. The lowest BCUT2D eigenvalue weighted by Gasteiger charge is -2.23. The van der Waals surface area contributed by atoms with Crippen LogP contribution in [0.2, 0.25) is 0 Å². The Labute approximate surface area is 178 Å². The first kappa shape index (κ1) is 22.3. The minimum absolute atomic E-state index is 0. The molecule has 2 aliphatic rings. The summed E-state index contributed by atoms with van der Waals surface area (Å²) in [4.78, 5) is 23.4. The molecule has 4 rings (SSSR count). The quantitative estimate of drug-likeness (QED) is 0.783. The van der Waals surface area contributed by atoms with E-state index in [4.69, 9.17) is 0 Å². The maximum atomic E-state index is 12.5. The summed E-state index contributed by atoms with van der Waals surface area (Å²) in [5, 5.41) is 3.44. The molecule has 162 valence electrons. The Morgan fingerprint density at radius 3 is 2.50 bits per heavy atom. The van der Waals surface area contributed by atoms with Crippen molar-refractivity contribution in [2.75, 3.05) is 13.6 Å². The number of carbonyl (C=O) groups is 1. The van der Waals surface area contributed by atoms with Gasteiger partial charge in [0, 0.05) is 24.8 Å². The monoisotopic (exact) mass is 442 g/mol. The fourth-order valence-electron chi connectivity index (χ4n) is 4.08. The number of aryl methyl sites for hydroxylation is 1. The molecule has 1 spiro atoms. The number of likely N-dealkylation sites (N-methyl/N-ethyl adjacent to an activating group) is 1. The summed E-state index contributed by atoms with van der Waals surface area (Å²) < 4.78 is 40.9. The fourth-order valence-corrected chi connectivity index (χ4v) is 4.08. The Bertz CT molecular complexity index is 939. The predicted octanol–water partition coefficient (Wildman–Crippen LogP) is 3.80. The highest BCUT2D eigenvalue weighted by molar-refractivity contribution is 5.88. The largest absolute Gasteiger partial charge is 0.573 e. The van der Waals surface area contributed by atoms with Gasteiger partial charge in [0.05, 0.1) is 11.7 Å². The van der Waals surface area contributed by atoms with Crippen LogP contribution in [0.4, 0.5) is 13.2 Å². The number of hydrogen-bond acceptors (Lipinski definition) is 5. The van der Waals surface area contributed by atoms with Gasteiger partial charge in [-0.3, -0.25) is 10.1 Å². The number of alkyl halides is 3. The minimum Gasteiger partial charge on any atom is -0.406 e. The number of ether oxygens (including phenoxy) is 1. The standard InChI is InChI=1S/C20H21F3N4O2.ClH/c1-12-11-16(13-3-5-14(6-4-13)29-20(21,22)23)25-17(24-12)15-7-8-19(26-15)9-10-27(2)18(19)28;/h3-6,11,15,26H,7-10H2,1-2H3;1H/t15-,19-;/m0./s1. The Morgan fingerprint density at radius 2 is 1.90 bits per heavy atom. The van der Waals surface area contributed by atoms with Gasteiger partial charge in [0.15, 0.2) is 0 Å². The van der Waals surface area contributed by atoms with Gasteiger partial charge in [-0.1, -0.05) is 0 Å². The number of halogens is 4. The Kier molecular flexibility index (Phi) is 5.97. The highest BCUT2D eigenvalue weighted by Crippen LogP contribution is 2.38. The molecule has 30 heavy (non-hydrogen) atoms. The molecule has 1 N–H and O–H groups in total. The molecule has 0 saturated carbocycles. The molecule has 1 aromatic heterocycles. The van der Waals surface area contributed by atoms with Gasteiger partial charge in [0.2, 0.25) is 5.91 Å². The molecular formula is C20H22ClF3N4O2. The van der Waals surface area contributed by atoms with Crippen LogP contribution in [0.25, 0.3) is 11.3 Å². The van der Waals surface area contributed by atoms with Crippen molar-refractivity contribution >= 4 is 18.3 Å². The number of likely N-dealkylation sites (tertiary alicyclic amines) is 1. The van der Waals surface area contributed by atoms with E-state index in [-0.39, 0.29) is 30.1 Å². The average molecular weight is 443 g/mol. The molecule has 2 aromatic rings. The zero-order valence-electron chi connectivity index (χ0n) is 16.5. The van der Waals surface area contributed by atoms with Gasteiger partial charge in [0.25, 0.3) is 0 Å². The molecule has 1 amide bonds. The van der Waals surface area contributed by atoms with E-state index in [0.29, 0.717) is 17.1 Å². The van der Waals surface area contributed by atoms with E-state index in [9.17, 15) is 18.0 Å². The first-order valence-corrected chi connectivity index (χ1v) is 9.40. The fraction of sp³-hybridized carbons (Fsp3) is 0.450. The summed E-state index contributed by atoms with van der Waals surface area (Å²) in [6.07, 6.45) is -2.48. The van der Waals surface area contributed by atoms with Gasteiger partial charge in [-0.2, -0.15) is 0 Å². The van der Waals surface area contributed by atoms with E-state index in [2.05, 4.69) is 20.0 Å². The average Bonchev–Trinajstić information content (AvgIpc) is 3.21. The van der Waals surface area contributed by atoms with Gasteiger partial charge >= 0.3 is 6.36 Å². The number of carbonyl (C=O) groups excluding carboxylic acids is 1. The molecule has 3 heterocycles. The van der Waals surface area contributed by atoms with Crippen molar-refractivity contribution in [1.29, 1.82) is 0 Å². The molecule has 0 unspecified atom stereocenters. The van der Waals surface area contributed by atoms with E-state index in [1.165, 1.54) is 24.3 Å². The molecule has 2 fully saturated rings.